The predicted molar refractivity (Wildman–Crippen MR) is 81.8 cm³/mol. The average molecular weight is 282 g/mol. The van der Waals surface area contributed by atoms with E-state index in [0.717, 1.165) is 32.3 Å². The number of hydrogen-bond donors (Lipinski definition) is 1. The Hall–Kier alpha value is -2.14. The molecule has 0 spiro atoms. The normalized spacial score (nSPS) is 10.9. The number of anilines is 1. The molecule has 4 nitrogen and oxygen atoms in total. The van der Waals surface area contributed by atoms with Gasteiger partial charge in [-0.15, -0.1) is 0 Å². The topological polar surface area (TPSA) is 64.7 Å². The highest BCUT2D eigenvalue weighted by molar-refractivity contribution is 7.99. The maximum Gasteiger partial charge on any atom is 0.192 e. The van der Waals surface area contributed by atoms with Crippen LogP contribution in [0.1, 0.15) is 11.4 Å². The number of nitrogens with zero attached hydrogens (tertiary/aromatic N) is 3. The van der Waals surface area contributed by atoms with Gasteiger partial charge in [-0.25, -0.2) is 9.97 Å². The fraction of sp³-hybridized carbons (Fsp3) is 0.133. The van der Waals surface area contributed by atoms with Crippen LogP contribution in [0.15, 0.2) is 46.6 Å². The van der Waals surface area contributed by atoms with Gasteiger partial charge >= 0.3 is 0 Å². The molecule has 1 aromatic carbocycles. The number of nitrogens with two attached hydrogens (primary N) is 1. The van der Waals surface area contributed by atoms with E-state index in [2.05, 4.69) is 15.0 Å². The molecule has 0 aliphatic rings. The lowest BCUT2D eigenvalue weighted by Gasteiger charge is -2.07. The van der Waals surface area contributed by atoms with Crippen molar-refractivity contribution in [1.82, 2.24) is 15.0 Å². The Morgan fingerprint density at radius 3 is 2.55 bits per heavy atom. The van der Waals surface area contributed by atoms with Crippen molar-refractivity contribution in [2.24, 2.45) is 0 Å². The second-order valence-electron chi connectivity index (χ2n) is 4.59. The number of aryl methyl sites for hydroxylation is 2. The Balaban J connectivity index is 2.09. The average Bonchev–Trinajstić information content (AvgIpc) is 2.41. The van der Waals surface area contributed by atoms with Crippen molar-refractivity contribution in [3.63, 3.8) is 0 Å². The molecule has 0 fully saturated rings. The highest BCUT2D eigenvalue weighted by Crippen LogP contribution is 2.33. The predicted octanol–water partition coefficient (Wildman–Crippen LogP) is 3.38. The number of rotatable bonds is 2. The Morgan fingerprint density at radius 1 is 1.05 bits per heavy atom. The molecule has 0 saturated carbocycles. The number of pyridine rings is 1. The van der Waals surface area contributed by atoms with Gasteiger partial charge in [-0.1, -0.05) is 6.07 Å². The third-order valence-corrected chi connectivity index (χ3v) is 3.86. The van der Waals surface area contributed by atoms with Crippen molar-refractivity contribution in [2.75, 3.05) is 5.73 Å². The second-order valence-corrected chi connectivity index (χ2v) is 5.60. The van der Waals surface area contributed by atoms with E-state index in [4.69, 9.17) is 5.73 Å². The van der Waals surface area contributed by atoms with Crippen molar-refractivity contribution in [1.29, 1.82) is 0 Å². The third kappa shape index (κ3) is 2.44. The summed E-state index contributed by atoms with van der Waals surface area (Å²) in [6.45, 7) is 3.95. The van der Waals surface area contributed by atoms with E-state index in [0.29, 0.717) is 5.69 Å². The van der Waals surface area contributed by atoms with E-state index < -0.39 is 0 Å². The standard InChI is InChI=1S/C15H14N4S/c1-9-8-10(2)19-15(18-9)20-13-6-5-12(16)14-11(13)4-3-7-17-14/h3-8H,16H2,1-2H3. The van der Waals surface area contributed by atoms with Crippen molar-refractivity contribution in [2.45, 2.75) is 23.9 Å². The quantitative estimate of drug-likeness (QED) is 0.576. The zero-order valence-corrected chi connectivity index (χ0v) is 12.1. The molecule has 0 saturated heterocycles. The van der Waals surface area contributed by atoms with Crippen LogP contribution in [0.5, 0.6) is 0 Å². The molecule has 2 aromatic heterocycles. The number of fused-ring (bicyclic) bond motifs is 1. The van der Waals surface area contributed by atoms with Crippen LogP contribution in [-0.2, 0) is 0 Å². The molecule has 5 heteroatoms. The fourth-order valence-corrected chi connectivity index (χ4v) is 3.08. The van der Waals surface area contributed by atoms with E-state index >= 15 is 0 Å². The first kappa shape index (κ1) is 12.9. The molecular formula is C15H14N4S. The monoisotopic (exact) mass is 282 g/mol. The van der Waals surface area contributed by atoms with E-state index in [-0.39, 0.29) is 0 Å². The van der Waals surface area contributed by atoms with Gasteiger partial charge in [0.15, 0.2) is 5.16 Å². The molecule has 0 aliphatic heterocycles. The van der Waals surface area contributed by atoms with E-state index in [1.54, 1.807) is 6.20 Å². The van der Waals surface area contributed by atoms with Gasteiger partial charge < -0.3 is 5.73 Å². The molecule has 0 aliphatic carbocycles. The van der Waals surface area contributed by atoms with Crippen molar-refractivity contribution < 1.29 is 0 Å². The second kappa shape index (κ2) is 5.09. The van der Waals surface area contributed by atoms with Crippen LogP contribution < -0.4 is 5.73 Å². The van der Waals surface area contributed by atoms with Crippen LogP contribution in [0, 0.1) is 13.8 Å². The SMILES string of the molecule is Cc1cc(C)nc(Sc2ccc(N)c3ncccc23)n1. The molecule has 0 amide bonds. The summed E-state index contributed by atoms with van der Waals surface area (Å²) in [5.74, 6) is 0. The number of hydrogen-bond acceptors (Lipinski definition) is 5. The van der Waals surface area contributed by atoms with Gasteiger partial charge in [-0.05, 0) is 49.9 Å². The number of benzene rings is 1. The first-order chi connectivity index (χ1) is 9.63. The molecule has 2 N–H and O–H groups in total. The molecule has 100 valence electrons. The Labute approximate surface area is 121 Å². The van der Waals surface area contributed by atoms with Crippen molar-refractivity contribution in [3.8, 4) is 0 Å². The largest absolute Gasteiger partial charge is 0.397 e. The summed E-state index contributed by atoms with van der Waals surface area (Å²) < 4.78 is 0. The molecule has 2 heterocycles. The molecule has 20 heavy (non-hydrogen) atoms. The Bertz CT molecular complexity index is 766. The molecule has 3 aromatic rings. The zero-order chi connectivity index (χ0) is 14.1. The van der Waals surface area contributed by atoms with Crippen molar-refractivity contribution >= 4 is 28.4 Å². The fourth-order valence-electron chi connectivity index (χ4n) is 2.09. The zero-order valence-electron chi connectivity index (χ0n) is 11.3. The van der Waals surface area contributed by atoms with Gasteiger partial charge in [0.05, 0.1) is 11.2 Å². The third-order valence-electron chi connectivity index (χ3n) is 2.92. The summed E-state index contributed by atoms with van der Waals surface area (Å²) in [5.41, 5.74) is 9.41. The summed E-state index contributed by atoms with van der Waals surface area (Å²) in [6.07, 6.45) is 1.75. The maximum absolute atomic E-state index is 5.96. The van der Waals surface area contributed by atoms with Gasteiger partial charge in [0.25, 0.3) is 0 Å². The number of aromatic nitrogens is 3. The van der Waals surface area contributed by atoms with Crippen LogP contribution >= 0.6 is 11.8 Å². The summed E-state index contributed by atoms with van der Waals surface area (Å²) >= 11 is 1.54. The minimum absolute atomic E-state index is 0.686. The molecule has 0 atom stereocenters. The van der Waals surface area contributed by atoms with Gasteiger partial charge in [0, 0.05) is 27.9 Å². The lowest BCUT2D eigenvalue weighted by molar-refractivity contribution is 0.902. The lowest BCUT2D eigenvalue weighted by atomic mass is 10.2. The molecule has 0 bridgehead atoms. The van der Waals surface area contributed by atoms with Gasteiger partial charge in [-0.2, -0.15) is 0 Å². The first-order valence-electron chi connectivity index (χ1n) is 6.27. The van der Waals surface area contributed by atoms with Gasteiger partial charge in [0.1, 0.15) is 0 Å². The van der Waals surface area contributed by atoms with Gasteiger partial charge in [-0.3, -0.25) is 4.98 Å². The molecule has 0 radical (unpaired) electrons. The highest BCUT2D eigenvalue weighted by atomic mass is 32.2. The van der Waals surface area contributed by atoms with Crippen LogP contribution in [0.4, 0.5) is 5.69 Å². The van der Waals surface area contributed by atoms with Crippen LogP contribution in [0.3, 0.4) is 0 Å². The van der Waals surface area contributed by atoms with Gasteiger partial charge in [0.2, 0.25) is 0 Å². The van der Waals surface area contributed by atoms with Crippen LogP contribution in [0.2, 0.25) is 0 Å². The first-order valence-corrected chi connectivity index (χ1v) is 7.08. The maximum atomic E-state index is 5.96. The van der Waals surface area contributed by atoms with Crippen molar-refractivity contribution in [3.05, 3.63) is 47.9 Å². The minimum Gasteiger partial charge on any atom is -0.397 e. The summed E-state index contributed by atoms with van der Waals surface area (Å²) in [4.78, 5) is 14.3. The molecule has 3 rings (SSSR count). The summed E-state index contributed by atoms with van der Waals surface area (Å²) in [7, 11) is 0. The Morgan fingerprint density at radius 2 is 1.80 bits per heavy atom. The summed E-state index contributed by atoms with van der Waals surface area (Å²) in [6, 6.07) is 9.76. The van der Waals surface area contributed by atoms with E-state index in [1.807, 2.05) is 44.2 Å². The smallest absolute Gasteiger partial charge is 0.192 e. The minimum atomic E-state index is 0.686. The lowest BCUT2D eigenvalue weighted by Crippen LogP contribution is -1.94. The number of nitrogen functional groups attached to an aromatic ring is 1. The Kier molecular flexibility index (Phi) is 3.28. The van der Waals surface area contributed by atoms with Crippen LogP contribution in [-0.4, -0.2) is 15.0 Å². The summed E-state index contributed by atoms with van der Waals surface area (Å²) in [5, 5.41) is 1.78. The van der Waals surface area contributed by atoms with E-state index in [9.17, 15) is 0 Å². The van der Waals surface area contributed by atoms with Crippen LogP contribution in [0.25, 0.3) is 10.9 Å². The molecular weight excluding hydrogens is 268 g/mol. The molecule has 0 unspecified atom stereocenters. The van der Waals surface area contributed by atoms with E-state index in [1.165, 1.54) is 11.8 Å². The highest BCUT2D eigenvalue weighted by Gasteiger charge is 2.08.